The molecular weight excluding hydrogens is 382 g/mol. The van der Waals surface area contributed by atoms with E-state index in [1.54, 1.807) is 43.0 Å². The minimum absolute atomic E-state index is 0. The number of carboxylic acid groups (broad SMARTS) is 2. The van der Waals surface area contributed by atoms with Crippen LogP contribution in [0.5, 0.6) is 0 Å². The van der Waals surface area contributed by atoms with Gasteiger partial charge in [0.05, 0.1) is 11.1 Å². The van der Waals surface area contributed by atoms with Crippen molar-refractivity contribution in [3.8, 4) is 0 Å². The van der Waals surface area contributed by atoms with Gasteiger partial charge in [-0.25, -0.2) is 9.59 Å². The SMILES string of the molecule is CC(C)C(C(=O)O)=C(Cc1ccc(C(=O)N2CCNCC2)cc1)C(=O)O.[Na].[Na]. The first-order valence-corrected chi connectivity index (χ1v) is 8.59. The topological polar surface area (TPSA) is 107 Å². The molecule has 0 aromatic heterocycles. The fourth-order valence-corrected chi connectivity index (χ4v) is 3.03. The molecule has 2 rings (SSSR count). The van der Waals surface area contributed by atoms with E-state index in [2.05, 4.69) is 5.32 Å². The molecule has 2 radical (unpaired) electrons. The molecule has 7 nitrogen and oxygen atoms in total. The largest absolute Gasteiger partial charge is 0.478 e. The Bertz CT molecular complexity index is 726. The molecule has 0 atom stereocenters. The van der Waals surface area contributed by atoms with Crippen LogP contribution in [0.25, 0.3) is 0 Å². The Hall–Kier alpha value is -0.670. The number of nitrogens with one attached hydrogen (secondary N) is 1. The first-order chi connectivity index (χ1) is 12.3. The number of hydrogen-bond acceptors (Lipinski definition) is 4. The predicted octanol–water partition coefficient (Wildman–Crippen LogP) is 0.635. The van der Waals surface area contributed by atoms with Crippen molar-refractivity contribution >= 4 is 77.0 Å². The van der Waals surface area contributed by atoms with Gasteiger partial charge in [-0.05, 0) is 23.6 Å². The van der Waals surface area contributed by atoms with E-state index in [0.29, 0.717) is 24.2 Å². The van der Waals surface area contributed by atoms with Crippen LogP contribution in [0.1, 0.15) is 29.8 Å². The number of rotatable bonds is 6. The molecule has 3 N–H and O–H groups in total. The molecule has 0 bridgehead atoms. The number of hydrogen-bond donors (Lipinski definition) is 3. The molecule has 0 saturated carbocycles. The number of carboxylic acids is 2. The number of carbonyl (C=O) groups excluding carboxylic acids is 1. The molecule has 28 heavy (non-hydrogen) atoms. The van der Waals surface area contributed by atoms with Crippen LogP contribution in [0.3, 0.4) is 0 Å². The molecule has 1 saturated heterocycles. The molecule has 1 aliphatic heterocycles. The van der Waals surface area contributed by atoms with Crippen molar-refractivity contribution in [1.29, 1.82) is 0 Å². The summed E-state index contributed by atoms with van der Waals surface area (Å²) in [6.45, 7) is 6.16. The molecule has 0 unspecified atom stereocenters. The molecule has 1 aromatic carbocycles. The third kappa shape index (κ3) is 7.30. The third-order valence-corrected chi connectivity index (χ3v) is 4.38. The van der Waals surface area contributed by atoms with Gasteiger partial charge in [-0.1, -0.05) is 26.0 Å². The van der Waals surface area contributed by atoms with Gasteiger partial charge < -0.3 is 20.4 Å². The maximum Gasteiger partial charge on any atom is 0.332 e. The summed E-state index contributed by atoms with van der Waals surface area (Å²) in [5.41, 5.74) is 0.963. The fourth-order valence-electron chi connectivity index (χ4n) is 3.03. The zero-order valence-electron chi connectivity index (χ0n) is 17.0. The van der Waals surface area contributed by atoms with Crippen LogP contribution in [0.15, 0.2) is 35.4 Å². The standard InChI is InChI=1S/C19H24N2O5.2Na/c1-12(2)16(19(25)26)15(18(23)24)11-13-3-5-14(6-4-13)17(22)21-9-7-20-8-10-21;;/h3-6,12,20H,7-11H2,1-2H3,(H,23,24)(H,25,26);;. The molecule has 1 amide bonds. The molecule has 9 heteroatoms. The minimum Gasteiger partial charge on any atom is -0.478 e. The summed E-state index contributed by atoms with van der Waals surface area (Å²) < 4.78 is 0. The quantitative estimate of drug-likeness (QED) is 0.473. The van der Waals surface area contributed by atoms with E-state index in [0.717, 1.165) is 13.1 Å². The van der Waals surface area contributed by atoms with Gasteiger partial charge in [0.1, 0.15) is 0 Å². The number of aliphatic carboxylic acids is 2. The number of piperazine rings is 1. The molecule has 1 fully saturated rings. The fraction of sp³-hybridized carbons (Fsp3) is 0.421. The molecule has 0 spiro atoms. The molecular formula is C19H24N2Na2O5. The first-order valence-electron chi connectivity index (χ1n) is 8.59. The first kappa shape index (κ1) is 27.3. The molecule has 1 aliphatic rings. The van der Waals surface area contributed by atoms with Gasteiger partial charge in [0, 0.05) is 97.3 Å². The maximum atomic E-state index is 12.4. The molecule has 142 valence electrons. The average Bonchev–Trinajstić information content (AvgIpc) is 2.61. The van der Waals surface area contributed by atoms with E-state index in [4.69, 9.17) is 0 Å². The second-order valence-corrected chi connectivity index (χ2v) is 6.57. The van der Waals surface area contributed by atoms with Gasteiger partial charge in [-0.3, -0.25) is 4.79 Å². The van der Waals surface area contributed by atoms with Gasteiger partial charge in [0.15, 0.2) is 0 Å². The van der Waals surface area contributed by atoms with E-state index in [-0.39, 0.29) is 82.6 Å². The van der Waals surface area contributed by atoms with E-state index >= 15 is 0 Å². The Morgan fingerprint density at radius 1 is 1.00 bits per heavy atom. The van der Waals surface area contributed by atoms with Gasteiger partial charge >= 0.3 is 11.9 Å². The summed E-state index contributed by atoms with van der Waals surface area (Å²) in [5, 5.41) is 21.9. The average molecular weight is 406 g/mol. The molecule has 0 aliphatic carbocycles. The van der Waals surface area contributed by atoms with Crippen LogP contribution in [0, 0.1) is 5.92 Å². The van der Waals surface area contributed by atoms with Gasteiger partial charge in [0.2, 0.25) is 0 Å². The Morgan fingerprint density at radius 2 is 1.54 bits per heavy atom. The summed E-state index contributed by atoms with van der Waals surface area (Å²) in [6.07, 6.45) is -0.00273. The van der Waals surface area contributed by atoms with Crippen LogP contribution in [-0.4, -0.2) is 118 Å². The number of carbonyl (C=O) groups is 3. The summed E-state index contributed by atoms with van der Waals surface area (Å²) in [5.74, 6) is -2.92. The third-order valence-electron chi connectivity index (χ3n) is 4.38. The number of benzene rings is 1. The van der Waals surface area contributed by atoms with Crippen molar-refractivity contribution in [2.24, 2.45) is 5.92 Å². The van der Waals surface area contributed by atoms with Crippen LogP contribution >= 0.6 is 0 Å². The van der Waals surface area contributed by atoms with Crippen molar-refractivity contribution in [1.82, 2.24) is 10.2 Å². The van der Waals surface area contributed by atoms with Crippen molar-refractivity contribution < 1.29 is 24.6 Å². The smallest absolute Gasteiger partial charge is 0.332 e. The monoisotopic (exact) mass is 406 g/mol. The molecule has 1 aromatic rings. The van der Waals surface area contributed by atoms with Gasteiger partial charge in [-0.15, -0.1) is 0 Å². The van der Waals surface area contributed by atoms with Crippen LogP contribution < -0.4 is 5.32 Å². The second-order valence-electron chi connectivity index (χ2n) is 6.57. The summed E-state index contributed by atoms with van der Waals surface area (Å²) in [6, 6.07) is 6.68. The van der Waals surface area contributed by atoms with Crippen LogP contribution in [-0.2, 0) is 16.0 Å². The zero-order valence-corrected chi connectivity index (χ0v) is 21.0. The predicted molar refractivity (Wildman–Crippen MR) is 108 cm³/mol. The minimum atomic E-state index is -1.24. The van der Waals surface area contributed by atoms with Crippen molar-refractivity contribution in [2.45, 2.75) is 20.3 Å². The van der Waals surface area contributed by atoms with Crippen molar-refractivity contribution in [3.05, 3.63) is 46.5 Å². The Morgan fingerprint density at radius 3 is 1.96 bits per heavy atom. The van der Waals surface area contributed by atoms with E-state index < -0.39 is 17.9 Å². The van der Waals surface area contributed by atoms with Gasteiger partial charge in [0.25, 0.3) is 5.91 Å². The number of nitrogens with zero attached hydrogens (tertiary/aromatic N) is 1. The van der Waals surface area contributed by atoms with E-state index in [1.807, 2.05) is 0 Å². The second kappa shape index (κ2) is 12.8. The summed E-state index contributed by atoms with van der Waals surface area (Å²) in [4.78, 5) is 37.2. The van der Waals surface area contributed by atoms with Crippen molar-refractivity contribution in [3.63, 3.8) is 0 Å². The van der Waals surface area contributed by atoms with Gasteiger partial charge in [-0.2, -0.15) is 0 Å². The summed E-state index contributed by atoms with van der Waals surface area (Å²) in [7, 11) is 0. The zero-order chi connectivity index (χ0) is 19.3. The molecule has 1 heterocycles. The Kier molecular flexibility index (Phi) is 12.5. The normalized spacial score (nSPS) is 14.5. The van der Waals surface area contributed by atoms with Crippen LogP contribution in [0.2, 0.25) is 0 Å². The maximum absolute atomic E-state index is 12.4. The van der Waals surface area contributed by atoms with Crippen LogP contribution in [0.4, 0.5) is 0 Å². The number of amides is 1. The Labute approximate surface area is 209 Å². The van der Waals surface area contributed by atoms with E-state index in [9.17, 15) is 24.6 Å². The summed E-state index contributed by atoms with van der Waals surface area (Å²) >= 11 is 0. The Balaban J connectivity index is 0.00000364. The van der Waals surface area contributed by atoms with E-state index in [1.165, 1.54) is 0 Å². The van der Waals surface area contributed by atoms with Crippen molar-refractivity contribution in [2.75, 3.05) is 26.2 Å².